The van der Waals surface area contributed by atoms with Gasteiger partial charge < -0.3 is 10.6 Å². The van der Waals surface area contributed by atoms with E-state index < -0.39 is 11.6 Å². The van der Waals surface area contributed by atoms with Crippen LogP contribution in [0.1, 0.15) is 30.1 Å². The second-order valence-electron chi connectivity index (χ2n) is 5.15. The summed E-state index contributed by atoms with van der Waals surface area (Å²) in [6.45, 7) is 3.14. The molecular weight excluding hydrogens is 286 g/mol. The molecule has 1 heterocycles. The second kappa shape index (κ2) is 6.99. The van der Waals surface area contributed by atoms with Crippen molar-refractivity contribution in [2.45, 2.75) is 25.8 Å². The maximum atomic E-state index is 13.1. The van der Waals surface area contributed by atoms with Gasteiger partial charge in [-0.25, -0.2) is 8.78 Å². The van der Waals surface area contributed by atoms with Crippen LogP contribution in [0.4, 0.5) is 8.78 Å². The predicted molar refractivity (Wildman–Crippen MR) is 75.9 cm³/mol. The monoisotopic (exact) mass is 304 g/mol. The minimum Gasteiger partial charge on any atom is -0.339 e. The molecule has 1 amide bonds. The fraction of sp³-hybridized carbons (Fsp3) is 0.500. The third kappa shape index (κ3) is 3.90. The van der Waals surface area contributed by atoms with Crippen molar-refractivity contribution in [3.8, 4) is 0 Å². The van der Waals surface area contributed by atoms with Crippen molar-refractivity contribution in [1.82, 2.24) is 4.90 Å². The van der Waals surface area contributed by atoms with Gasteiger partial charge in [-0.3, -0.25) is 4.79 Å². The highest BCUT2D eigenvalue weighted by Crippen LogP contribution is 2.21. The number of amides is 1. The van der Waals surface area contributed by atoms with Crippen LogP contribution >= 0.6 is 12.4 Å². The van der Waals surface area contributed by atoms with Crippen LogP contribution in [0.15, 0.2) is 18.2 Å². The number of halogens is 3. The number of carbonyl (C=O) groups excluding carboxylic acids is 1. The van der Waals surface area contributed by atoms with Gasteiger partial charge in [-0.1, -0.05) is 0 Å². The van der Waals surface area contributed by atoms with E-state index >= 15 is 0 Å². The maximum absolute atomic E-state index is 13.1. The summed E-state index contributed by atoms with van der Waals surface area (Å²) in [4.78, 5) is 13.8. The molecule has 1 aromatic carbocycles. The SMILES string of the molecule is CC(N)C1CCN(C(=O)c2cc(F)cc(F)c2)CC1.Cl. The normalized spacial score (nSPS) is 17.5. The molecule has 20 heavy (non-hydrogen) atoms. The Hall–Kier alpha value is -1.20. The number of likely N-dealkylation sites (tertiary alicyclic amines) is 1. The van der Waals surface area contributed by atoms with Crippen LogP contribution in [-0.4, -0.2) is 29.9 Å². The average Bonchev–Trinajstić information content (AvgIpc) is 2.37. The van der Waals surface area contributed by atoms with Gasteiger partial charge in [0.1, 0.15) is 11.6 Å². The first-order chi connectivity index (χ1) is 8.97. The van der Waals surface area contributed by atoms with Gasteiger partial charge in [0.15, 0.2) is 0 Å². The Bertz CT molecular complexity index is 454. The summed E-state index contributed by atoms with van der Waals surface area (Å²) in [5.74, 6) is -1.36. The van der Waals surface area contributed by atoms with Gasteiger partial charge in [0.2, 0.25) is 0 Å². The fourth-order valence-corrected chi connectivity index (χ4v) is 2.49. The zero-order valence-corrected chi connectivity index (χ0v) is 12.1. The number of hydrogen-bond donors (Lipinski definition) is 1. The van der Waals surface area contributed by atoms with E-state index in [9.17, 15) is 13.6 Å². The van der Waals surface area contributed by atoms with Crippen molar-refractivity contribution in [1.29, 1.82) is 0 Å². The van der Waals surface area contributed by atoms with Crippen molar-refractivity contribution in [2.75, 3.05) is 13.1 Å². The number of piperidine rings is 1. The van der Waals surface area contributed by atoms with E-state index in [1.165, 1.54) is 0 Å². The molecule has 0 bridgehead atoms. The number of nitrogens with zero attached hydrogens (tertiary/aromatic N) is 1. The van der Waals surface area contributed by atoms with Gasteiger partial charge in [0, 0.05) is 30.8 Å². The molecule has 0 spiro atoms. The van der Waals surface area contributed by atoms with E-state index in [4.69, 9.17) is 5.73 Å². The number of hydrogen-bond acceptors (Lipinski definition) is 2. The van der Waals surface area contributed by atoms with Crippen LogP contribution in [0.5, 0.6) is 0 Å². The van der Waals surface area contributed by atoms with Crippen molar-refractivity contribution < 1.29 is 13.6 Å². The average molecular weight is 305 g/mol. The molecule has 2 rings (SSSR count). The molecule has 1 aromatic rings. The van der Waals surface area contributed by atoms with E-state index in [-0.39, 0.29) is 29.9 Å². The Morgan fingerprint density at radius 2 is 1.75 bits per heavy atom. The van der Waals surface area contributed by atoms with Crippen LogP contribution in [0, 0.1) is 17.6 Å². The molecule has 6 heteroatoms. The standard InChI is InChI=1S/C14H18F2N2O.ClH/c1-9(17)10-2-4-18(5-3-10)14(19)11-6-12(15)8-13(16)7-11;/h6-10H,2-5,17H2,1H3;1H. The summed E-state index contributed by atoms with van der Waals surface area (Å²) in [6, 6.07) is 3.02. The summed E-state index contributed by atoms with van der Waals surface area (Å²) in [5, 5.41) is 0. The Morgan fingerprint density at radius 1 is 1.25 bits per heavy atom. The lowest BCUT2D eigenvalue weighted by Crippen LogP contribution is -2.42. The Balaban J connectivity index is 0.00000200. The summed E-state index contributed by atoms with van der Waals surface area (Å²) in [7, 11) is 0. The first-order valence-electron chi connectivity index (χ1n) is 6.48. The highest BCUT2D eigenvalue weighted by molar-refractivity contribution is 5.94. The number of nitrogens with two attached hydrogens (primary N) is 1. The lowest BCUT2D eigenvalue weighted by molar-refractivity contribution is 0.0680. The molecule has 0 aliphatic carbocycles. The van der Waals surface area contributed by atoms with Crippen molar-refractivity contribution >= 4 is 18.3 Å². The van der Waals surface area contributed by atoms with Crippen LogP contribution < -0.4 is 5.73 Å². The fourth-order valence-electron chi connectivity index (χ4n) is 2.49. The number of rotatable bonds is 2. The molecule has 0 saturated carbocycles. The Labute approximate surface area is 123 Å². The van der Waals surface area contributed by atoms with Crippen LogP contribution in [0.3, 0.4) is 0 Å². The second-order valence-corrected chi connectivity index (χ2v) is 5.15. The molecule has 1 fully saturated rings. The van der Waals surface area contributed by atoms with Crippen molar-refractivity contribution in [2.24, 2.45) is 11.7 Å². The van der Waals surface area contributed by atoms with Gasteiger partial charge >= 0.3 is 0 Å². The minimum absolute atomic E-state index is 0. The first kappa shape index (κ1) is 16.9. The predicted octanol–water partition coefficient (Wildman–Crippen LogP) is 2.59. The molecule has 1 unspecified atom stereocenters. The topological polar surface area (TPSA) is 46.3 Å². The lowest BCUT2D eigenvalue weighted by atomic mass is 9.90. The van der Waals surface area contributed by atoms with E-state index in [0.29, 0.717) is 19.0 Å². The summed E-state index contributed by atoms with van der Waals surface area (Å²) in [5.41, 5.74) is 5.90. The molecule has 1 aliphatic rings. The first-order valence-corrected chi connectivity index (χ1v) is 6.48. The van der Waals surface area contributed by atoms with Gasteiger partial charge in [-0.2, -0.15) is 0 Å². The molecule has 2 N–H and O–H groups in total. The van der Waals surface area contributed by atoms with Gasteiger partial charge in [0.05, 0.1) is 0 Å². The summed E-state index contributed by atoms with van der Waals surface area (Å²) < 4.78 is 26.2. The van der Waals surface area contributed by atoms with Gasteiger partial charge in [-0.05, 0) is 37.8 Å². The smallest absolute Gasteiger partial charge is 0.254 e. The Kier molecular flexibility index (Phi) is 5.89. The molecule has 112 valence electrons. The van der Waals surface area contributed by atoms with Crippen LogP contribution in [0.25, 0.3) is 0 Å². The van der Waals surface area contributed by atoms with Gasteiger partial charge in [0.25, 0.3) is 5.91 Å². The van der Waals surface area contributed by atoms with E-state index in [1.807, 2.05) is 6.92 Å². The van der Waals surface area contributed by atoms with Crippen molar-refractivity contribution in [3.05, 3.63) is 35.4 Å². The highest BCUT2D eigenvalue weighted by Gasteiger charge is 2.25. The molecule has 3 nitrogen and oxygen atoms in total. The van der Waals surface area contributed by atoms with E-state index in [1.54, 1.807) is 4.90 Å². The molecule has 1 atom stereocenters. The Morgan fingerprint density at radius 3 is 2.20 bits per heavy atom. The summed E-state index contributed by atoms with van der Waals surface area (Å²) >= 11 is 0. The summed E-state index contributed by atoms with van der Waals surface area (Å²) in [6.07, 6.45) is 1.67. The van der Waals surface area contributed by atoms with Gasteiger partial charge in [-0.15, -0.1) is 12.4 Å². The zero-order chi connectivity index (χ0) is 14.0. The molecule has 1 aliphatic heterocycles. The number of benzene rings is 1. The molecule has 0 radical (unpaired) electrons. The quantitative estimate of drug-likeness (QED) is 0.913. The maximum Gasteiger partial charge on any atom is 0.254 e. The largest absolute Gasteiger partial charge is 0.339 e. The lowest BCUT2D eigenvalue weighted by Gasteiger charge is -2.33. The van der Waals surface area contributed by atoms with E-state index in [0.717, 1.165) is 31.0 Å². The molecule has 0 aromatic heterocycles. The third-order valence-corrected chi connectivity index (χ3v) is 3.68. The minimum atomic E-state index is -0.728. The number of carbonyl (C=O) groups is 1. The van der Waals surface area contributed by atoms with Crippen LogP contribution in [-0.2, 0) is 0 Å². The highest BCUT2D eigenvalue weighted by atomic mass is 35.5. The zero-order valence-electron chi connectivity index (χ0n) is 11.3. The third-order valence-electron chi connectivity index (χ3n) is 3.68. The molecular formula is C14H19ClF2N2O. The van der Waals surface area contributed by atoms with Crippen molar-refractivity contribution in [3.63, 3.8) is 0 Å². The molecule has 1 saturated heterocycles. The van der Waals surface area contributed by atoms with Crippen LogP contribution in [0.2, 0.25) is 0 Å². The van der Waals surface area contributed by atoms with E-state index in [2.05, 4.69) is 0 Å².